The van der Waals surface area contributed by atoms with Crippen LogP contribution in [-0.4, -0.2) is 11.9 Å². The molecular weight excluding hydrogens is 212 g/mol. The van der Waals surface area contributed by atoms with E-state index in [1.165, 1.54) is 0 Å². The first-order chi connectivity index (χ1) is 7.70. The zero-order chi connectivity index (χ0) is 13.2. The Bertz CT molecular complexity index is 398. The van der Waals surface area contributed by atoms with Crippen molar-refractivity contribution in [3.8, 4) is 0 Å². The number of rotatable bonds is 2. The molecule has 1 aromatic rings. The van der Waals surface area contributed by atoms with Crippen LogP contribution in [0.25, 0.3) is 0 Å². The Kier molecular flexibility index (Phi) is 3.94. The van der Waals surface area contributed by atoms with Crippen molar-refractivity contribution in [2.24, 2.45) is 11.1 Å². The number of hydrogen-bond acceptors (Lipinski definition) is 2. The summed E-state index contributed by atoms with van der Waals surface area (Å²) in [5, 5.41) is 2.87. The minimum Gasteiger partial charge on any atom is -0.325 e. The second-order valence-corrected chi connectivity index (χ2v) is 5.71. The average molecular weight is 234 g/mol. The molecule has 0 radical (unpaired) electrons. The lowest BCUT2D eigenvalue weighted by Gasteiger charge is -2.25. The lowest BCUT2D eigenvalue weighted by atomic mass is 9.87. The normalized spacial score (nSPS) is 13.3. The summed E-state index contributed by atoms with van der Waals surface area (Å²) in [4.78, 5) is 11.9. The molecule has 0 aromatic heterocycles. The standard InChI is InChI=1S/C14H22N2O/c1-9-6-10(2)8-11(7-9)16-13(17)12(15)14(3,4)5/h6-8,12H,15H2,1-5H3,(H,16,17). The fourth-order valence-electron chi connectivity index (χ4n) is 1.66. The van der Waals surface area contributed by atoms with Gasteiger partial charge >= 0.3 is 0 Å². The van der Waals surface area contributed by atoms with Crippen molar-refractivity contribution in [2.45, 2.75) is 40.7 Å². The summed E-state index contributed by atoms with van der Waals surface area (Å²) in [6.45, 7) is 9.88. The van der Waals surface area contributed by atoms with E-state index in [-0.39, 0.29) is 11.3 Å². The maximum absolute atomic E-state index is 11.9. The molecule has 0 fully saturated rings. The van der Waals surface area contributed by atoms with Crippen LogP contribution in [0, 0.1) is 19.3 Å². The van der Waals surface area contributed by atoms with Crippen LogP contribution in [0.2, 0.25) is 0 Å². The first-order valence-corrected chi connectivity index (χ1v) is 5.85. The fraction of sp³-hybridized carbons (Fsp3) is 0.500. The molecule has 1 rings (SSSR count). The van der Waals surface area contributed by atoms with Gasteiger partial charge in [-0.05, 0) is 42.5 Å². The van der Waals surface area contributed by atoms with Gasteiger partial charge in [0.15, 0.2) is 0 Å². The molecule has 0 heterocycles. The SMILES string of the molecule is Cc1cc(C)cc(NC(=O)C(N)C(C)(C)C)c1. The maximum Gasteiger partial charge on any atom is 0.241 e. The molecule has 0 saturated heterocycles. The Morgan fingerprint density at radius 3 is 2.06 bits per heavy atom. The Morgan fingerprint density at radius 1 is 1.18 bits per heavy atom. The number of nitrogens with one attached hydrogen (secondary N) is 1. The van der Waals surface area contributed by atoms with Gasteiger partial charge in [0.25, 0.3) is 0 Å². The molecule has 0 aliphatic carbocycles. The Morgan fingerprint density at radius 2 is 1.65 bits per heavy atom. The number of benzene rings is 1. The Hall–Kier alpha value is -1.35. The van der Waals surface area contributed by atoms with E-state index in [0.717, 1.165) is 16.8 Å². The fourth-order valence-corrected chi connectivity index (χ4v) is 1.66. The summed E-state index contributed by atoms with van der Waals surface area (Å²) in [5.74, 6) is -0.137. The van der Waals surface area contributed by atoms with E-state index in [1.807, 2.05) is 46.8 Å². The maximum atomic E-state index is 11.9. The highest BCUT2D eigenvalue weighted by molar-refractivity contribution is 5.95. The van der Waals surface area contributed by atoms with Gasteiger partial charge in [0, 0.05) is 5.69 Å². The molecule has 3 N–H and O–H groups in total. The van der Waals surface area contributed by atoms with E-state index in [4.69, 9.17) is 5.73 Å². The smallest absolute Gasteiger partial charge is 0.241 e. The molecule has 3 heteroatoms. The largest absolute Gasteiger partial charge is 0.325 e. The lowest BCUT2D eigenvalue weighted by Crippen LogP contribution is -2.45. The van der Waals surface area contributed by atoms with Crippen molar-refractivity contribution in [2.75, 3.05) is 5.32 Å². The van der Waals surface area contributed by atoms with Gasteiger partial charge in [-0.3, -0.25) is 4.79 Å². The van der Waals surface area contributed by atoms with Crippen LogP contribution in [0.4, 0.5) is 5.69 Å². The predicted octanol–water partition coefficient (Wildman–Crippen LogP) is 2.62. The van der Waals surface area contributed by atoms with E-state index in [1.54, 1.807) is 0 Å². The number of amides is 1. The van der Waals surface area contributed by atoms with Gasteiger partial charge in [-0.2, -0.15) is 0 Å². The summed E-state index contributed by atoms with van der Waals surface area (Å²) < 4.78 is 0. The Balaban J connectivity index is 2.81. The van der Waals surface area contributed by atoms with Crippen LogP contribution in [0.5, 0.6) is 0 Å². The minimum atomic E-state index is -0.511. The number of nitrogens with two attached hydrogens (primary N) is 1. The van der Waals surface area contributed by atoms with Gasteiger partial charge in [-0.1, -0.05) is 26.8 Å². The average Bonchev–Trinajstić information content (AvgIpc) is 2.13. The molecule has 0 saturated carbocycles. The van der Waals surface area contributed by atoms with E-state index in [0.29, 0.717) is 0 Å². The number of carbonyl (C=O) groups is 1. The second kappa shape index (κ2) is 4.88. The molecule has 17 heavy (non-hydrogen) atoms. The molecule has 0 aliphatic rings. The van der Waals surface area contributed by atoms with Crippen LogP contribution < -0.4 is 11.1 Å². The molecule has 0 aliphatic heterocycles. The van der Waals surface area contributed by atoms with E-state index in [2.05, 4.69) is 11.4 Å². The zero-order valence-corrected chi connectivity index (χ0v) is 11.3. The molecule has 1 amide bonds. The summed E-state index contributed by atoms with van der Waals surface area (Å²) in [7, 11) is 0. The van der Waals surface area contributed by atoms with Gasteiger partial charge in [-0.25, -0.2) is 0 Å². The monoisotopic (exact) mass is 234 g/mol. The highest BCUT2D eigenvalue weighted by Gasteiger charge is 2.27. The third-order valence-corrected chi connectivity index (χ3v) is 2.70. The highest BCUT2D eigenvalue weighted by atomic mass is 16.2. The third kappa shape index (κ3) is 3.86. The molecule has 1 aromatic carbocycles. The zero-order valence-electron chi connectivity index (χ0n) is 11.3. The van der Waals surface area contributed by atoms with Gasteiger partial charge in [0.1, 0.15) is 0 Å². The third-order valence-electron chi connectivity index (χ3n) is 2.70. The lowest BCUT2D eigenvalue weighted by molar-refractivity contribution is -0.119. The Labute approximate surface area is 103 Å². The van der Waals surface area contributed by atoms with Gasteiger partial charge in [0.05, 0.1) is 6.04 Å². The minimum absolute atomic E-state index is 0.137. The van der Waals surface area contributed by atoms with Crippen molar-refractivity contribution in [3.05, 3.63) is 29.3 Å². The summed E-state index contributed by atoms with van der Waals surface area (Å²) in [6, 6.07) is 5.45. The van der Waals surface area contributed by atoms with Crippen molar-refractivity contribution in [1.82, 2.24) is 0 Å². The second-order valence-electron chi connectivity index (χ2n) is 5.71. The quantitative estimate of drug-likeness (QED) is 0.826. The number of carbonyl (C=O) groups excluding carboxylic acids is 1. The molecule has 1 atom stereocenters. The van der Waals surface area contributed by atoms with Crippen molar-refractivity contribution < 1.29 is 4.79 Å². The van der Waals surface area contributed by atoms with Gasteiger partial charge < -0.3 is 11.1 Å². The molecule has 1 unspecified atom stereocenters. The van der Waals surface area contributed by atoms with Crippen molar-refractivity contribution in [3.63, 3.8) is 0 Å². The van der Waals surface area contributed by atoms with Crippen LogP contribution in [0.3, 0.4) is 0 Å². The predicted molar refractivity (Wildman–Crippen MR) is 72.0 cm³/mol. The van der Waals surface area contributed by atoms with Crippen LogP contribution in [0.15, 0.2) is 18.2 Å². The van der Waals surface area contributed by atoms with E-state index >= 15 is 0 Å². The van der Waals surface area contributed by atoms with Crippen LogP contribution in [-0.2, 0) is 4.79 Å². The molecule has 0 bridgehead atoms. The number of hydrogen-bond donors (Lipinski definition) is 2. The number of aryl methyl sites for hydroxylation is 2. The van der Waals surface area contributed by atoms with Crippen LogP contribution >= 0.6 is 0 Å². The van der Waals surface area contributed by atoms with Crippen molar-refractivity contribution >= 4 is 11.6 Å². The summed E-state index contributed by atoms with van der Waals surface area (Å²) in [6.07, 6.45) is 0. The summed E-state index contributed by atoms with van der Waals surface area (Å²) in [5.41, 5.74) is 8.74. The van der Waals surface area contributed by atoms with Gasteiger partial charge in [-0.15, -0.1) is 0 Å². The first-order valence-electron chi connectivity index (χ1n) is 5.85. The highest BCUT2D eigenvalue weighted by Crippen LogP contribution is 2.20. The molecule has 3 nitrogen and oxygen atoms in total. The molecular formula is C14H22N2O. The number of anilines is 1. The van der Waals surface area contributed by atoms with E-state index in [9.17, 15) is 4.79 Å². The van der Waals surface area contributed by atoms with Crippen molar-refractivity contribution in [1.29, 1.82) is 0 Å². The van der Waals surface area contributed by atoms with Gasteiger partial charge in [0.2, 0.25) is 5.91 Å². The topological polar surface area (TPSA) is 55.1 Å². The van der Waals surface area contributed by atoms with E-state index < -0.39 is 6.04 Å². The molecule has 94 valence electrons. The van der Waals surface area contributed by atoms with Crippen LogP contribution in [0.1, 0.15) is 31.9 Å². The summed E-state index contributed by atoms with van der Waals surface area (Å²) >= 11 is 0. The first kappa shape index (κ1) is 13.7. The molecule has 0 spiro atoms.